The molecule has 0 amide bonds. The number of hydrogen-bond acceptors (Lipinski definition) is 2. The molecule has 0 saturated heterocycles. The Morgan fingerprint density at radius 2 is 1.60 bits per heavy atom. The fourth-order valence-corrected chi connectivity index (χ4v) is 1.87. The van der Waals surface area contributed by atoms with Crippen molar-refractivity contribution in [2.45, 2.75) is 19.0 Å². The van der Waals surface area contributed by atoms with E-state index in [4.69, 9.17) is 0 Å². The fraction of sp³-hybridized carbons (Fsp3) is 0.188. The molecular formula is C16H14F2O2. The summed E-state index contributed by atoms with van der Waals surface area (Å²) in [5.74, 6) is -3.39. The minimum atomic E-state index is -2.94. The predicted octanol–water partition coefficient (Wildman–Crippen LogP) is 3.71. The van der Waals surface area contributed by atoms with Crippen molar-refractivity contribution in [2.24, 2.45) is 0 Å². The molecule has 0 radical (unpaired) electrons. The summed E-state index contributed by atoms with van der Waals surface area (Å²) in [7, 11) is 0. The molecule has 2 nitrogen and oxygen atoms in total. The Hall–Kier alpha value is -2.07. The van der Waals surface area contributed by atoms with Gasteiger partial charge >= 0.3 is 0 Å². The summed E-state index contributed by atoms with van der Waals surface area (Å²) in [6, 6.07) is 13.5. The van der Waals surface area contributed by atoms with Crippen LogP contribution in [0.4, 0.5) is 8.78 Å². The summed E-state index contributed by atoms with van der Waals surface area (Å²) in [5, 5.41) is 10.00. The number of ketones is 1. The molecule has 0 heterocycles. The van der Waals surface area contributed by atoms with Crippen LogP contribution in [0, 0.1) is 0 Å². The summed E-state index contributed by atoms with van der Waals surface area (Å²) < 4.78 is 26.2. The van der Waals surface area contributed by atoms with Gasteiger partial charge in [-0.2, -0.15) is 0 Å². The predicted molar refractivity (Wildman–Crippen MR) is 71.7 cm³/mol. The van der Waals surface area contributed by atoms with Crippen LogP contribution in [0.5, 0.6) is 0 Å². The Labute approximate surface area is 115 Å². The van der Waals surface area contributed by atoms with Crippen molar-refractivity contribution in [1.82, 2.24) is 0 Å². The number of aliphatic hydroxyl groups excluding tert-OH is 1. The van der Waals surface area contributed by atoms with Crippen LogP contribution < -0.4 is 0 Å². The largest absolute Gasteiger partial charge is 0.380 e. The Bertz CT molecular complexity index is 586. The smallest absolute Gasteiger partial charge is 0.270 e. The third kappa shape index (κ3) is 3.08. The van der Waals surface area contributed by atoms with E-state index in [0.717, 1.165) is 6.92 Å². The molecule has 1 N–H and O–H groups in total. The molecule has 1 unspecified atom stereocenters. The van der Waals surface area contributed by atoms with Crippen molar-refractivity contribution in [1.29, 1.82) is 0 Å². The molecular weight excluding hydrogens is 262 g/mol. The van der Waals surface area contributed by atoms with Gasteiger partial charge in [-0.1, -0.05) is 54.6 Å². The molecule has 0 spiro atoms. The average Bonchev–Trinajstić information content (AvgIpc) is 2.46. The quantitative estimate of drug-likeness (QED) is 0.864. The number of hydrogen-bond donors (Lipinski definition) is 1. The van der Waals surface area contributed by atoms with E-state index in [2.05, 4.69) is 0 Å². The minimum absolute atomic E-state index is 0.152. The standard InChI is InChI=1S/C16H14F2O2/c1-16(17,18)13-9-7-12(8-10-13)15(20)14(19)11-5-3-2-4-6-11/h2-10,15,20H,1H3. The van der Waals surface area contributed by atoms with E-state index in [1.807, 2.05) is 0 Å². The van der Waals surface area contributed by atoms with E-state index in [9.17, 15) is 18.7 Å². The van der Waals surface area contributed by atoms with Crippen molar-refractivity contribution >= 4 is 5.78 Å². The maximum Gasteiger partial charge on any atom is 0.270 e. The second-order valence-corrected chi connectivity index (χ2v) is 4.64. The zero-order valence-electron chi connectivity index (χ0n) is 10.9. The highest BCUT2D eigenvalue weighted by Gasteiger charge is 2.25. The molecule has 4 heteroatoms. The van der Waals surface area contributed by atoms with Crippen LogP contribution in [-0.2, 0) is 5.92 Å². The summed E-state index contributed by atoms with van der Waals surface area (Å²) >= 11 is 0. The van der Waals surface area contributed by atoms with Crippen LogP contribution >= 0.6 is 0 Å². The topological polar surface area (TPSA) is 37.3 Å². The van der Waals surface area contributed by atoms with Gasteiger partial charge in [-0.05, 0) is 5.56 Å². The van der Waals surface area contributed by atoms with E-state index in [-0.39, 0.29) is 5.56 Å². The molecule has 0 aliphatic rings. The fourth-order valence-electron chi connectivity index (χ4n) is 1.87. The van der Waals surface area contributed by atoms with Crippen LogP contribution in [0.3, 0.4) is 0 Å². The molecule has 0 aliphatic carbocycles. The number of halogens is 2. The van der Waals surface area contributed by atoms with E-state index in [0.29, 0.717) is 11.1 Å². The van der Waals surface area contributed by atoms with Crippen LogP contribution in [0.2, 0.25) is 0 Å². The number of Topliss-reactive ketones (excluding diaryl/α,β-unsaturated/α-hetero) is 1. The first-order valence-electron chi connectivity index (χ1n) is 6.15. The van der Waals surface area contributed by atoms with Gasteiger partial charge < -0.3 is 5.11 Å². The monoisotopic (exact) mass is 276 g/mol. The van der Waals surface area contributed by atoms with Gasteiger partial charge in [0.25, 0.3) is 5.92 Å². The lowest BCUT2D eigenvalue weighted by Gasteiger charge is -2.13. The van der Waals surface area contributed by atoms with E-state index < -0.39 is 17.8 Å². The Kier molecular flexibility index (Phi) is 3.95. The SMILES string of the molecule is CC(F)(F)c1ccc(C(O)C(=O)c2ccccc2)cc1. The molecule has 0 aliphatic heterocycles. The van der Waals surface area contributed by atoms with Crippen molar-refractivity contribution < 1.29 is 18.7 Å². The number of carbonyl (C=O) groups excluding carboxylic acids is 1. The first-order valence-corrected chi connectivity index (χ1v) is 6.15. The molecule has 0 aromatic heterocycles. The van der Waals surface area contributed by atoms with Gasteiger partial charge in [0.2, 0.25) is 0 Å². The minimum Gasteiger partial charge on any atom is -0.380 e. The van der Waals surface area contributed by atoms with Crippen LogP contribution in [0.25, 0.3) is 0 Å². The summed E-state index contributed by atoms with van der Waals surface area (Å²) in [6.07, 6.45) is -1.35. The molecule has 0 saturated carbocycles. The molecule has 2 aromatic rings. The maximum absolute atomic E-state index is 13.1. The van der Waals surface area contributed by atoms with Crippen molar-refractivity contribution in [2.75, 3.05) is 0 Å². The average molecular weight is 276 g/mol. The van der Waals surface area contributed by atoms with Gasteiger partial charge in [0.05, 0.1) is 0 Å². The highest BCUT2D eigenvalue weighted by atomic mass is 19.3. The Morgan fingerprint density at radius 1 is 1.05 bits per heavy atom. The number of rotatable bonds is 4. The van der Waals surface area contributed by atoms with Crippen LogP contribution in [0.15, 0.2) is 54.6 Å². The number of benzene rings is 2. The molecule has 0 fully saturated rings. The van der Waals surface area contributed by atoms with E-state index >= 15 is 0 Å². The lowest BCUT2D eigenvalue weighted by Crippen LogP contribution is -2.13. The van der Waals surface area contributed by atoms with Crippen molar-refractivity contribution in [3.05, 3.63) is 71.3 Å². The third-order valence-electron chi connectivity index (χ3n) is 3.04. The van der Waals surface area contributed by atoms with Gasteiger partial charge in [-0.25, -0.2) is 8.78 Å². The highest BCUT2D eigenvalue weighted by molar-refractivity contribution is 5.99. The number of carbonyl (C=O) groups is 1. The molecule has 1 atom stereocenters. The zero-order chi connectivity index (χ0) is 14.8. The first-order chi connectivity index (χ1) is 9.39. The van der Waals surface area contributed by atoms with Crippen molar-refractivity contribution in [3.63, 3.8) is 0 Å². The first kappa shape index (κ1) is 14.3. The lowest BCUT2D eigenvalue weighted by molar-refractivity contribution is 0.0174. The Morgan fingerprint density at radius 3 is 2.10 bits per heavy atom. The lowest BCUT2D eigenvalue weighted by atomic mass is 9.98. The summed E-state index contributed by atoms with van der Waals surface area (Å²) in [5.41, 5.74) is 0.525. The van der Waals surface area contributed by atoms with Crippen molar-refractivity contribution in [3.8, 4) is 0 Å². The zero-order valence-corrected chi connectivity index (χ0v) is 10.9. The van der Waals surface area contributed by atoms with Crippen LogP contribution in [-0.4, -0.2) is 10.9 Å². The number of alkyl halides is 2. The molecule has 2 rings (SSSR count). The van der Waals surface area contributed by atoms with E-state index in [1.54, 1.807) is 30.3 Å². The van der Waals surface area contributed by atoms with Gasteiger partial charge in [0, 0.05) is 18.1 Å². The molecule has 2 aromatic carbocycles. The van der Waals surface area contributed by atoms with Gasteiger partial charge in [-0.15, -0.1) is 0 Å². The van der Waals surface area contributed by atoms with E-state index in [1.165, 1.54) is 24.3 Å². The summed E-state index contributed by atoms with van der Waals surface area (Å²) in [4.78, 5) is 12.0. The molecule has 20 heavy (non-hydrogen) atoms. The highest BCUT2D eigenvalue weighted by Crippen LogP contribution is 2.28. The van der Waals surface area contributed by atoms with Gasteiger partial charge in [0.1, 0.15) is 6.10 Å². The molecule has 0 bridgehead atoms. The third-order valence-corrected chi connectivity index (χ3v) is 3.04. The summed E-state index contributed by atoms with van der Waals surface area (Å²) in [6.45, 7) is 0.799. The van der Waals surface area contributed by atoms with Crippen LogP contribution in [0.1, 0.15) is 34.5 Å². The normalized spacial score (nSPS) is 13.0. The van der Waals surface area contributed by atoms with Gasteiger partial charge in [0.15, 0.2) is 5.78 Å². The second kappa shape index (κ2) is 5.51. The number of aliphatic hydroxyl groups is 1. The molecule has 104 valence electrons. The Balaban J connectivity index is 2.22. The van der Waals surface area contributed by atoms with Gasteiger partial charge in [-0.3, -0.25) is 4.79 Å². The maximum atomic E-state index is 13.1. The second-order valence-electron chi connectivity index (χ2n) is 4.64.